The number of carboxylic acid groups (broad SMARTS) is 1. The summed E-state index contributed by atoms with van der Waals surface area (Å²) in [6, 6.07) is 3.16. The first-order valence-corrected chi connectivity index (χ1v) is 5.09. The summed E-state index contributed by atoms with van der Waals surface area (Å²) in [7, 11) is 4.31. The fraction of sp³-hybridized carbons (Fsp3) is 0.333. The molecule has 1 N–H and O–H groups in total. The SMILES string of the molecule is COc1ccc(CC(=O)C(=O)O)c(OC)c1OC. The molecule has 0 unspecified atom stereocenters. The monoisotopic (exact) mass is 254 g/mol. The first kappa shape index (κ1) is 13.8. The Morgan fingerprint density at radius 1 is 1.06 bits per heavy atom. The van der Waals surface area contributed by atoms with Crippen LogP contribution in [0.2, 0.25) is 0 Å². The minimum Gasteiger partial charge on any atom is -0.493 e. The topological polar surface area (TPSA) is 82.1 Å². The highest BCUT2D eigenvalue weighted by Gasteiger charge is 2.20. The Balaban J connectivity index is 3.20. The fourth-order valence-corrected chi connectivity index (χ4v) is 1.55. The Kier molecular flexibility index (Phi) is 4.53. The molecule has 0 spiro atoms. The number of carbonyl (C=O) groups excluding carboxylic acids is 1. The molecule has 1 rings (SSSR count). The van der Waals surface area contributed by atoms with Gasteiger partial charge in [-0.05, 0) is 6.07 Å². The molecule has 0 amide bonds. The molecular formula is C12H14O6. The molecule has 0 saturated carbocycles. The molecule has 0 aromatic heterocycles. The van der Waals surface area contributed by atoms with Crippen LogP contribution in [0.3, 0.4) is 0 Å². The third kappa shape index (κ3) is 2.71. The lowest BCUT2D eigenvalue weighted by Crippen LogP contribution is -2.15. The third-order valence-electron chi connectivity index (χ3n) is 2.38. The zero-order valence-corrected chi connectivity index (χ0v) is 10.4. The number of hydrogen-bond acceptors (Lipinski definition) is 5. The molecule has 1 aromatic carbocycles. The smallest absolute Gasteiger partial charge is 0.372 e. The van der Waals surface area contributed by atoms with E-state index < -0.39 is 11.8 Å². The number of ether oxygens (including phenoxy) is 3. The van der Waals surface area contributed by atoms with Crippen LogP contribution < -0.4 is 14.2 Å². The van der Waals surface area contributed by atoms with Gasteiger partial charge < -0.3 is 19.3 Å². The number of carboxylic acids is 1. The number of benzene rings is 1. The van der Waals surface area contributed by atoms with E-state index in [-0.39, 0.29) is 6.42 Å². The van der Waals surface area contributed by atoms with E-state index in [2.05, 4.69) is 0 Å². The summed E-state index contributed by atoms with van der Waals surface area (Å²) in [5.74, 6) is -1.32. The molecule has 1 aromatic rings. The van der Waals surface area contributed by atoms with Gasteiger partial charge in [0.15, 0.2) is 11.5 Å². The molecule has 18 heavy (non-hydrogen) atoms. The van der Waals surface area contributed by atoms with Gasteiger partial charge in [0.1, 0.15) is 0 Å². The van der Waals surface area contributed by atoms with Crippen LogP contribution in [-0.4, -0.2) is 38.2 Å². The summed E-state index contributed by atoms with van der Waals surface area (Å²) < 4.78 is 15.4. The van der Waals surface area contributed by atoms with Gasteiger partial charge in [0, 0.05) is 12.0 Å². The van der Waals surface area contributed by atoms with Crippen LogP contribution in [0.25, 0.3) is 0 Å². The third-order valence-corrected chi connectivity index (χ3v) is 2.38. The normalized spacial score (nSPS) is 9.72. The molecular weight excluding hydrogens is 240 g/mol. The van der Waals surface area contributed by atoms with E-state index in [4.69, 9.17) is 19.3 Å². The van der Waals surface area contributed by atoms with Crippen LogP contribution in [0.15, 0.2) is 12.1 Å². The zero-order chi connectivity index (χ0) is 13.7. The van der Waals surface area contributed by atoms with Crippen LogP contribution in [0.4, 0.5) is 0 Å². The lowest BCUT2D eigenvalue weighted by atomic mass is 10.1. The highest BCUT2D eigenvalue weighted by Crippen LogP contribution is 2.39. The molecule has 0 fully saturated rings. The summed E-state index contributed by atoms with van der Waals surface area (Å²) in [5, 5.41) is 8.59. The van der Waals surface area contributed by atoms with Crippen molar-refractivity contribution in [1.82, 2.24) is 0 Å². The maximum atomic E-state index is 11.2. The van der Waals surface area contributed by atoms with Crippen LogP contribution in [0, 0.1) is 0 Å². The number of Topliss-reactive ketones (excluding diaryl/α,β-unsaturated/α-hetero) is 1. The summed E-state index contributed by atoms with van der Waals surface area (Å²) in [5.41, 5.74) is 0.433. The molecule has 0 saturated heterocycles. The summed E-state index contributed by atoms with van der Waals surface area (Å²) >= 11 is 0. The van der Waals surface area contributed by atoms with Crippen molar-refractivity contribution >= 4 is 11.8 Å². The Labute approximate surface area is 104 Å². The van der Waals surface area contributed by atoms with Crippen molar-refractivity contribution in [3.8, 4) is 17.2 Å². The molecule has 6 nitrogen and oxygen atoms in total. The molecule has 98 valence electrons. The zero-order valence-electron chi connectivity index (χ0n) is 10.4. The summed E-state index contributed by atoms with van der Waals surface area (Å²) in [6.07, 6.45) is -0.265. The highest BCUT2D eigenvalue weighted by molar-refractivity contribution is 6.33. The largest absolute Gasteiger partial charge is 0.493 e. The van der Waals surface area contributed by atoms with Gasteiger partial charge >= 0.3 is 5.97 Å². The van der Waals surface area contributed by atoms with Gasteiger partial charge in [0.2, 0.25) is 11.5 Å². The van der Waals surface area contributed by atoms with E-state index in [1.165, 1.54) is 21.3 Å². The van der Waals surface area contributed by atoms with Crippen molar-refractivity contribution in [3.63, 3.8) is 0 Å². The van der Waals surface area contributed by atoms with E-state index in [0.717, 1.165) is 0 Å². The van der Waals surface area contributed by atoms with Crippen LogP contribution in [-0.2, 0) is 16.0 Å². The minimum atomic E-state index is -1.48. The van der Waals surface area contributed by atoms with Crippen molar-refractivity contribution in [2.24, 2.45) is 0 Å². The van der Waals surface area contributed by atoms with Gasteiger partial charge in [-0.25, -0.2) is 4.79 Å². The van der Waals surface area contributed by atoms with Crippen molar-refractivity contribution in [2.75, 3.05) is 21.3 Å². The van der Waals surface area contributed by atoms with Crippen molar-refractivity contribution in [3.05, 3.63) is 17.7 Å². The average Bonchev–Trinajstić information content (AvgIpc) is 2.37. The van der Waals surface area contributed by atoms with Crippen LogP contribution in [0.1, 0.15) is 5.56 Å². The second kappa shape index (κ2) is 5.90. The Bertz CT molecular complexity index is 466. The predicted octanol–water partition coefficient (Wildman–Crippen LogP) is 0.909. The Hall–Kier alpha value is -2.24. The quantitative estimate of drug-likeness (QED) is 0.760. The first-order valence-electron chi connectivity index (χ1n) is 5.09. The average molecular weight is 254 g/mol. The molecule has 0 atom stereocenters. The number of methoxy groups -OCH3 is 3. The van der Waals surface area contributed by atoms with Crippen molar-refractivity contribution < 1.29 is 28.9 Å². The molecule has 0 aliphatic rings. The lowest BCUT2D eigenvalue weighted by Gasteiger charge is -2.14. The number of rotatable bonds is 6. The standard InChI is InChI=1S/C12H14O6/c1-16-9-5-4-7(6-8(13)12(14)15)10(17-2)11(9)18-3/h4-5H,6H2,1-3H3,(H,14,15). The van der Waals surface area contributed by atoms with Crippen molar-refractivity contribution in [1.29, 1.82) is 0 Å². The molecule has 0 aliphatic heterocycles. The highest BCUT2D eigenvalue weighted by atomic mass is 16.5. The number of ketones is 1. The van der Waals surface area contributed by atoms with Gasteiger partial charge in [-0.2, -0.15) is 0 Å². The van der Waals surface area contributed by atoms with Crippen molar-refractivity contribution in [2.45, 2.75) is 6.42 Å². The second-order valence-electron chi connectivity index (χ2n) is 3.40. The number of aliphatic carboxylic acids is 1. The summed E-state index contributed by atoms with van der Waals surface area (Å²) in [4.78, 5) is 21.7. The van der Waals surface area contributed by atoms with E-state index >= 15 is 0 Å². The number of carbonyl (C=O) groups is 2. The van der Waals surface area contributed by atoms with Gasteiger partial charge in [-0.1, -0.05) is 6.07 Å². The van der Waals surface area contributed by atoms with Gasteiger partial charge in [0.25, 0.3) is 0 Å². The van der Waals surface area contributed by atoms with Gasteiger partial charge in [-0.3, -0.25) is 4.79 Å². The van der Waals surface area contributed by atoms with E-state index in [0.29, 0.717) is 22.8 Å². The molecule has 0 radical (unpaired) electrons. The second-order valence-corrected chi connectivity index (χ2v) is 3.40. The van der Waals surface area contributed by atoms with Gasteiger partial charge in [0.05, 0.1) is 21.3 Å². The molecule has 0 heterocycles. The molecule has 0 bridgehead atoms. The summed E-state index contributed by atoms with van der Waals surface area (Å²) in [6.45, 7) is 0. The fourth-order valence-electron chi connectivity index (χ4n) is 1.55. The predicted molar refractivity (Wildman–Crippen MR) is 62.4 cm³/mol. The first-order chi connectivity index (χ1) is 8.54. The minimum absolute atomic E-state index is 0.265. The van der Waals surface area contributed by atoms with E-state index in [9.17, 15) is 9.59 Å². The van der Waals surface area contributed by atoms with Crippen LogP contribution >= 0.6 is 0 Å². The van der Waals surface area contributed by atoms with Crippen LogP contribution in [0.5, 0.6) is 17.2 Å². The molecule has 6 heteroatoms. The van der Waals surface area contributed by atoms with Gasteiger partial charge in [-0.15, -0.1) is 0 Å². The van der Waals surface area contributed by atoms with E-state index in [1.807, 2.05) is 0 Å². The Morgan fingerprint density at radius 2 is 1.67 bits per heavy atom. The molecule has 0 aliphatic carbocycles. The maximum absolute atomic E-state index is 11.2. The number of hydrogen-bond donors (Lipinski definition) is 1. The van der Waals surface area contributed by atoms with E-state index in [1.54, 1.807) is 12.1 Å². The lowest BCUT2D eigenvalue weighted by molar-refractivity contribution is -0.148. The Morgan fingerprint density at radius 3 is 2.11 bits per heavy atom. The maximum Gasteiger partial charge on any atom is 0.372 e.